The van der Waals surface area contributed by atoms with Gasteiger partial charge in [-0.05, 0) is 38.0 Å². The minimum atomic E-state index is 0.244. The number of aryl methyl sites for hydroxylation is 1. The van der Waals surface area contributed by atoms with Gasteiger partial charge in [-0.15, -0.1) is 10.2 Å². The monoisotopic (exact) mass is 316 g/mol. The standard InChI is InChI=1S/C17H24N4O2/c1-4-14(18-11-17-20-19-12(3)21(17)5-2)13-6-7-15-16(10-13)23-9-8-22-15/h6-7,10,14,18H,4-5,8-9,11H2,1-3H3. The second-order valence-electron chi connectivity index (χ2n) is 5.65. The van der Waals surface area contributed by atoms with Crippen molar-refractivity contribution in [1.29, 1.82) is 0 Å². The lowest BCUT2D eigenvalue weighted by Crippen LogP contribution is -2.23. The van der Waals surface area contributed by atoms with Gasteiger partial charge in [0, 0.05) is 12.6 Å². The zero-order chi connectivity index (χ0) is 16.2. The largest absolute Gasteiger partial charge is 0.486 e. The van der Waals surface area contributed by atoms with Crippen molar-refractivity contribution in [3.8, 4) is 11.5 Å². The summed E-state index contributed by atoms with van der Waals surface area (Å²) in [6.45, 7) is 9.08. The highest BCUT2D eigenvalue weighted by atomic mass is 16.6. The maximum atomic E-state index is 5.68. The van der Waals surface area contributed by atoms with E-state index in [1.54, 1.807) is 0 Å². The van der Waals surface area contributed by atoms with E-state index in [4.69, 9.17) is 9.47 Å². The van der Waals surface area contributed by atoms with Crippen LogP contribution in [0.2, 0.25) is 0 Å². The lowest BCUT2D eigenvalue weighted by molar-refractivity contribution is 0.171. The first-order valence-corrected chi connectivity index (χ1v) is 8.24. The molecule has 1 atom stereocenters. The quantitative estimate of drug-likeness (QED) is 0.887. The predicted octanol–water partition coefficient (Wildman–Crippen LogP) is 2.62. The summed E-state index contributed by atoms with van der Waals surface area (Å²) in [7, 11) is 0. The van der Waals surface area contributed by atoms with Gasteiger partial charge in [0.25, 0.3) is 0 Å². The molecule has 1 aliphatic rings. The Morgan fingerprint density at radius 1 is 1.17 bits per heavy atom. The first-order valence-electron chi connectivity index (χ1n) is 8.24. The van der Waals surface area contributed by atoms with E-state index < -0.39 is 0 Å². The van der Waals surface area contributed by atoms with Gasteiger partial charge in [0.15, 0.2) is 11.5 Å². The van der Waals surface area contributed by atoms with Gasteiger partial charge >= 0.3 is 0 Å². The van der Waals surface area contributed by atoms with Crippen LogP contribution < -0.4 is 14.8 Å². The highest BCUT2D eigenvalue weighted by Gasteiger charge is 2.17. The molecule has 0 fully saturated rings. The van der Waals surface area contributed by atoms with Crippen molar-refractivity contribution in [2.75, 3.05) is 13.2 Å². The molecular weight excluding hydrogens is 292 g/mol. The first-order chi connectivity index (χ1) is 11.2. The molecule has 1 aromatic heterocycles. The minimum Gasteiger partial charge on any atom is -0.486 e. The number of fused-ring (bicyclic) bond motifs is 1. The van der Waals surface area contributed by atoms with Gasteiger partial charge in [-0.2, -0.15) is 0 Å². The van der Waals surface area contributed by atoms with E-state index in [0.29, 0.717) is 19.8 Å². The van der Waals surface area contributed by atoms with Crippen molar-refractivity contribution >= 4 is 0 Å². The predicted molar refractivity (Wildman–Crippen MR) is 87.7 cm³/mol. The Kier molecular flexibility index (Phi) is 4.81. The lowest BCUT2D eigenvalue weighted by atomic mass is 10.0. The Bertz CT molecular complexity index is 669. The SMILES string of the molecule is CCC(NCc1nnc(C)n1CC)c1ccc2c(c1)OCCO2. The van der Waals surface area contributed by atoms with Gasteiger partial charge in [0.1, 0.15) is 24.9 Å². The van der Waals surface area contributed by atoms with E-state index in [1.807, 2.05) is 13.0 Å². The van der Waals surface area contributed by atoms with Crippen molar-refractivity contribution in [3.63, 3.8) is 0 Å². The average molecular weight is 316 g/mol. The smallest absolute Gasteiger partial charge is 0.161 e. The number of aromatic nitrogens is 3. The van der Waals surface area contributed by atoms with E-state index in [9.17, 15) is 0 Å². The molecule has 23 heavy (non-hydrogen) atoms. The van der Waals surface area contributed by atoms with Crippen LogP contribution in [0.3, 0.4) is 0 Å². The highest BCUT2D eigenvalue weighted by Crippen LogP contribution is 2.33. The first kappa shape index (κ1) is 15.8. The summed E-state index contributed by atoms with van der Waals surface area (Å²) in [6, 6.07) is 6.41. The fourth-order valence-electron chi connectivity index (χ4n) is 2.96. The Hall–Kier alpha value is -2.08. The number of benzene rings is 1. The fourth-order valence-corrected chi connectivity index (χ4v) is 2.96. The molecule has 0 bridgehead atoms. The Labute approximate surface area is 136 Å². The molecule has 0 saturated heterocycles. The third-order valence-electron chi connectivity index (χ3n) is 4.21. The normalized spacial score (nSPS) is 14.7. The fraction of sp³-hybridized carbons (Fsp3) is 0.529. The van der Waals surface area contributed by atoms with Crippen molar-refractivity contribution in [2.45, 2.75) is 46.3 Å². The zero-order valence-electron chi connectivity index (χ0n) is 14.0. The van der Waals surface area contributed by atoms with Gasteiger partial charge in [-0.3, -0.25) is 0 Å². The minimum absolute atomic E-state index is 0.244. The van der Waals surface area contributed by atoms with Crippen LogP contribution in [0.25, 0.3) is 0 Å². The third-order valence-corrected chi connectivity index (χ3v) is 4.21. The molecule has 6 heteroatoms. The van der Waals surface area contributed by atoms with Crippen LogP contribution >= 0.6 is 0 Å². The lowest BCUT2D eigenvalue weighted by Gasteiger charge is -2.22. The molecule has 124 valence electrons. The van der Waals surface area contributed by atoms with Gasteiger partial charge < -0.3 is 19.4 Å². The van der Waals surface area contributed by atoms with Crippen LogP contribution in [-0.2, 0) is 13.1 Å². The molecule has 2 heterocycles. The molecular formula is C17H24N4O2. The molecule has 1 aliphatic heterocycles. The van der Waals surface area contributed by atoms with E-state index in [0.717, 1.165) is 36.1 Å². The molecule has 1 aromatic carbocycles. The van der Waals surface area contributed by atoms with Crippen LogP contribution in [0.1, 0.15) is 43.5 Å². The van der Waals surface area contributed by atoms with Gasteiger partial charge in [-0.1, -0.05) is 13.0 Å². The summed E-state index contributed by atoms with van der Waals surface area (Å²) in [5, 5.41) is 12.0. The van der Waals surface area contributed by atoms with Crippen molar-refractivity contribution < 1.29 is 9.47 Å². The molecule has 0 aliphatic carbocycles. The number of nitrogens with one attached hydrogen (secondary N) is 1. The van der Waals surface area contributed by atoms with Crippen LogP contribution in [0.4, 0.5) is 0 Å². The second-order valence-corrected chi connectivity index (χ2v) is 5.65. The van der Waals surface area contributed by atoms with Gasteiger partial charge in [0.2, 0.25) is 0 Å². The number of rotatable bonds is 6. The Morgan fingerprint density at radius 2 is 1.96 bits per heavy atom. The van der Waals surface area contributed by atoms with Gasteiger partial charge in [-0.25, -0.2) is 0 Å². The number of hydrogen-bond donors (Lipinski definition) is 1. The number of nitrogens with zero attached hydrogens (tertiary/aromatic N) is 3. The van der Waals surface area contributed by atoms with Crippen molar-refractivity contribution in [2.24, 2.45) is 0 Å². The molecule has 0 radical (unpaired) electrons. The molecule has 2 aromatic rings. The van der Waals surface area contributed by atoms with E-state index in [1.165, 1.54) is 5.56 Å². The van der Waals surface area contributed by atoms with E-state index in [2.05, 4.69) is 46.1 Å². The molecule has 1 N–H and O–H groups in total. The summed E-state index contributed by atoms with van der Waals surface area (Å²) < 4.78 is 13.4. The summed E-state index contributed by atoms with van der Waals surface area (Å²) in [6.07, 6.45) is 0.985. The summed E-state index contributed by atoms with van der Waals surface area (Å²) in [5.41, 5.74) is 1.20. The summed E-state index contributed by atoms with van der Waals surface area (Å²) in [4.78, 5) is 0. The van der Waals surface area contributed by atoms with Gasteiger partial charge in [0.05, 0.1) is 6.54 Å². The molecule has 0 saturated carbocycles. The topological polar surface area (TPSA) is 61.2 Å². The Morgan fingerprint density at radius 3 is 2.70 bits per heavy atom. The molecule has 1 unspecified atom stereocenters. The highest BCUT2D eigenvalue weighted by molar-refractivity contribution is 5.44. The van der Waals surface area contributed by atoms with E-state index >= 15 is 0 Å². The number of ether oxygens (including phenoxy) is 2. The van der Waals surface area contributed by atoms with E-state index in [-0.39, 0.29) is 6.04 Å². The average Bonchev–Trinajstić information content (AvgIpc) is 2.95. The maximum Gasteiger partial charge on any atom is 0.161 e. The van der Waals surface area contributed by atoms with Crippen LogP contribution in [0.15, 0.2) is 18.2 Å². The third kappa shape index (κ3) is 3.32. The number of hydrogen-bond acceptors (Lipinski definition) is 5. The Balaban J connectivity index is 1.72. The maximum absolute atomic E-state index is 5.68. The molecule has 6 nitrogen and oxygen atoms in total. The summed E-state index contributed by atoms with van der Waals surface area (Å²) >= 11 is 0. The summed E-state index contributed by atoms with van der Waals surface area (Å²) in [5.74, 6) is 3.59. The van der Waals surface area contributed by atoms with Crippen LogP contribution in [0.5, 0.6) is 11.5 Å². The van der Waals surface area contributed by atoms with Crippen molar-refractivity contribution in [3.05, 3.63) is 35.4 Å². The zero-order valence-corrected chi connectivity index (χ0v) is 14.0. The van der Waals surface area contributed by atoms with Crippen LogP contribution in [-0.4, -0.2) is 28.0 Å². The molecule has 3 rings (SSSR count). The molecule has 0 amide bonds. The second kappa shape index (κ2) is 7.00. The van der Waals surface area contributed by atoms with Crippen LogP contribution in [0, 0.1) is 6.92 Å². The van der Waals surface area contributed by atoms with Crippen molar-refractivity contribution in [1.82, 2.24) is 20.1 Å². The molecule has 0 spiro atoms.